The summed E-state index contributed by atoms with van der Waals surface area (Å²) in [7, 11) is 0. The molecular weight excluding hydrogens is 288 g/mol. The van der Waals surface area contributed by atoms with Crippen molar-refractivity contribution in [1.82, 2.24) is 0 Å². The van der Waals surface area contributed by atoms with E-state index in [9.17, 15) is 0 Å². The lowest BCUT2D eigenvalue weighted by Gasteiger charge is -2.09. The van der Waals surface area contributed by atoms with Gasteiger partial charge in [0.1, 0.15) is 0 Å². The van der Waals surface area contributed by atoms with Gasteiger partial charge in [-0.25, -0.2) is 4.99 Å². The molecule has 0 bridgehead atoms. The Labute approximate surface area is 137 Å². The van der Waals surface area contributed by atoms with Gasteiger partial charge in [0.15, 0.2) is 5.17 Å². The standard InChI is InChI=1S/C19H24N2S/c1-4-14(2)16-9-11-18(12-10-16)21-19(20)22-13-17-8-6-5-7-15(17)3/h5-12,14H,4,13H2,1-3H3,(H2,20,21)/t14-/m1/s1. The van der Waals surface area contributed by atoms with Crippen molar-refractivity contribution in [2.75, 3.05) is 0 Å². The molecule has 0 saturated heterocycles. The van der Waals surface area contributed by atoms with Gasteiger partial charge >= 0.3 is 0 Å². The van der Waals surface area contributed by atoms with Crippen molar-refractivity contribution < 1.29 is 0 Å². The molecule has 0 spiro atoms. The number of aliphatic imine (C=N–C) groups is 1. The molecule has 0 aromatic heterocycles. The van der Waals surface area contributed by atoms with E-state index in [0.717, 1.165) is 17.9 Å². The maximum absolute atomic E-state index is 6.04. The number of aryl methyl sites for hydroxylation is 1. The number of benzene rings is 2. The smallest absolute Gasteiger partial charge is 0.159 e. The van der Waals surface area contributed by atoms with Crippen molar-refractivity contribution in [2.45, 2.75) is 38.9 Å². The molecule has 0 unspecified atom stereocenters. The number of thioether (sulfide) groups is 1. The summed E-state index contributed by atoms with van der Waals surface area (Å²) in [5.41, 5.74) is 10.9. The van der Waals surface area contributed by atoms with Crippen LogP contribution in [0.5, 0.6) is 0 Å². The number of hydrogen-bond donors (Lipinski definition) is 1. The van der Waals surface area contributed by atoms with Crippen LogP contribution in [-0.4, -0.2) is 5.17 Å². The number of hydrogen-bond acceptors (Lipinski definition) is 2. The van der Waals surface area contributed by atoms with Crippen LogP contribution in [0.3, 0.4) is 0 Å². The maximum Gasteiger partial charge on any atom is 0.159 e. The molecule has 2 aromatic rings. The predicted molar refractivity (Wildman–Crippen MR) is 98.9 cm³/mol. The van der Waals surface area contributed by atoms with Gasteiger partial charge in [0.05, 0.1) is 5.69 Å². The van der Waals surface area contributed by atoms with Crippen LogP contribution in [0.1, 0.15) is 42.9 Å². The number of nitrogens with zero attached hydrogens (tertiary/aromatic N) is 1. The first-order valence-electron chi connectivity index (χ1n) is 7.71. The average molecular weight is 312 g/mol. The van der Waals surface area contributed by atoms with E-state index in [4.69, 9.17) is 5.73 Å². The van der Waals surface area contributed by atoms with Crippen molar-refractivity contribution in [1.29, 1.82) is 0 Å². The van der Waals surface area contributed by atoms with Gasteiger partial charge in [-0.15, -0.1) is 0 Å². The van der Waals surface area contributed by atoms with Crippen molar-refractivity contribution in [3.63, 3.8) is 0 Å². The van der Waals surface area contributed by atoms with Crippen molar-refractivity contribution in [2.24, 2.45) is 10.7 Å². The number of nitrogens with two attached hydrogens (primary N) is 1. The second kappa shape index (κ2) is 8.04. The molecule has 0 aliphatic heterocycles. The average Bonchev–Trinajstić information content (AvgIpc) is 2.54. The van der Waals surface area contributed by atoms with E-state index in [0.29, 0.717) is 11.1 Å². The molecule has 0 amide bonds. The highest BCUT2D eigenvalue weighted by molar-refractivity contribution is 8.13. The zero-order valence-electron chi connectivity index (χ0n) is 13.5. The second-order valence-electron chi connectivity index (χ2n) is 5.57. The van der Waals surface area contributed by atoms with E-state index in [1.165, 1.54) is 16.7 Å². The van der Waals surface area contributed by atoms with Crippen molar-refractivity contribution >= 4 is 22.6 Å². The quantitative estimate of drug-likeness (QED) is 0.594. The topological polar surface area (TPSA) is 38.4 Å². The molecular formula is C19H24N2S. The van der Waals surface area contributed by atoms with E-state index in [1.807, 2.05) is 12.1 Å². The van der Waals surface area contributed by atoms with Gasteiger partial charge < -0.3 is 5.73 Å². The summed E-state index contributed by atoms with van der Waals surface area (Å²) in [6.07, 6.45) is 1.15. The Morgan fingerprint density at radius 3 is 2.45 bits per heavy atom. The highest BCUT2D eigenvalue weighted by Crippen LogP contribution is 2.23. The highest BCUT2D eigenvalue weighted by atomic mass is 32.2. The van der Waals surface area contributed by atoms with E-state index < -0.39 is 0 Å². The lowest BCUT2D eigenvalue weighted by Crippen LogP contribution is -2.06. The summed E-state index contributed by atoms with van der Waals surface area (Å²) in [6.45, 7) is 6.57. The summed E-state index contributed by atoms with van der Waals surface area (Å²) >= 11 is 1.58. The minimum atomic E-state index is 0.589. The molecule has 3 heteroatoms. The first-order valence-corrected chi connectivity index (χ1v) is 8.70. The lowest BCUT2D eigenvalue weighted by molar-refractivity contribution is 0.734. The molecule has 2 aromatic carbocycles. The van der Waals surface area contributed by atoms with Gasteiger partial charge in [0.25, 0.3) is 0 Å². The van der Waals surface area contributed by atoms with E-state index in [-0.39, 0.29) is 0 Å². The zero-order chi connectivity index (χ0) is 15.9. The molecule has 2 N–H and O–H groups in total. The van der Waals surface area contributed by atoms with Gasteiger partial charge in [-0.1, -0.05) is 62.0 Å². The minimum absolute atomic E-state index is 0.589. The Morgan fingerprint density at radius 1 is 1.14 bits per heavy atom. The first-order chi connectivity index (χ1) is 10.6. The molecule has 116 valence electrons. The summed E-state index contributed by atoms with van der Waals surface area (Å²) in [5.74, 6) is 1.44. The van der Waals surface area contributed by atoms with Crippen LogP contribution in [0.15, 0.2) is 53.5 Å². The number of rotatable bonds is 5. The van der Waals surface area contributed by atoms with Crippen LogP contribution >= 0.6 is 11.8 Å². The second-order valence-corrected chi connectivity index (χ2v) is 6.56. The van der Waals surface area contributed by atoms with Crippen LogP contribution in [0.4, 0.5) is 5.69 Å². The van der Waals surface area contributed by atoms with Crippen LogP contribution in [0.2, 0.25) is 0 Å². The van der Waals surface area contributed by atoms with Crippen LogP contribution in [0.25, 0.3) is 0 Å². The Hall–Kier alpha value is -1.74. The summed E-state index contributed by atoms with van der Waals surface area (Å²) in [4.78, 5) is 4.49. The Morgan fingerprint density at radius 2 is 1.82 bits per heavy atom. The molecule has 0 aliphatic rings. The van der Waals surface area contributed by atoms with Crippen LogP contribution in [0, 0.1) is 6.92 Å². The fourth-order valence-electron chi connectivity index (χ4n) is 2.20. The third kappa shape index (κ3) is 4.63. The summed E-state index contributed by atoms with van der Waals surface area (Å²) in [6, 6.07) is 16.8. The molecule has 2 rings (SSSR count). The lowest BCUT2D eigenvalue weighted by atomic mass is 9.99. The van der Waals surface area contributed by atoms with E-state index >= 15 is 0 Å². The maximum atomic E-state index is 6.04. The fourth-order valence-corrected chi connectivity index (χ4v) is 2.99. The summed E-state index contributed by atoms with van der Waals surface area (Å²) in [5, 5.41) is 0.611. The first kappa shape index (κ1) is 16.6. The summed E-state index contributed by atoms with van der Waals surface area (Å²) < 4.78 is 0. The van der Waals surface area contributed by atoms with Gasteiger partial charge in [-0.3, -0.25) is 0 Å². The molecule has 0 heterocycles. The van der Waals surface area contributed by atoms with Gasteiger partial charge in [-0.2, -0.15) is 0 Å². The zero-order valence-corrected chi connectivity index (χ0v) is 14.4. The third-order valence-corrected chi connectivity index (χ3v) is 4.79. The SMILES string of the molecule is CC[C@@H](C)c1ccc(N=C(N)SCc2ccccc2C)cc1. The fraction of sp³-hybridized carbons (Fsp3) is 0.316. The Kier molecular flexibility index (Phi) is 6.08. The largest absolute Gasteiger partial charge is 0.378 e. The minimum Gasteiger partial charge on any atom is -0.378 e. The number of amidine groups is 1. The highest BCUT2D eigenvalue weighted by Gasteiger charge is 2.03. The van der Waals surface area contributed by atoms with E-state index in [1.54, 1.807) is 11.8 Å². The normalized spacial score (nSPS) is 13.1. The Balaban J connectivity index is 1.98. The van der Waals surface area contributed by atoms with Crippen molar-refractivity contribution in [3.8, 4) is 0 Å². The molecule has 1 atom stereocenters. The van der Waals surface area contributed by atoms with Gasteiger partial charge in [0, 0.05) is 5.75 Å². The van der Waals surface area contributed by atoms with Gasteiger partial charge in [0.2, 0.25) is 0 Å². The van der Waals surface area contributed by atoms with Crippen LogP contribution < -0.4 is 5.73 Å². The molecule has 0 fully saturated rings. The predicted octanol–water partition coefficient (Wildman–Crippen LogP) is 5.39. The monoisotopic (exact) mass is 312 g/mol. The van der Waals surface area contributed by atoms with Crippen molar-refractivity contribution in [3.05, 3.63) is 65.2 Å². The molecule has 22 heavy (non-hydrogen) atoms. The Bertz CT molecular complexity index is 632. The molecule has 2 nitrogen and oxygen atoms in total. The van der Waals surface area contributed by atoms with Crippen LogP contribution in [-0.2, 0) is 5.75 Å². The molecule has 0 radical (unpaired) electrons. The molecule has 0 saturated carbocycles. The van der Waals surface area contributed by atoms with E-state index in [2.05, 4.69) is 62.2 Å². The third-order valence-electron chi connectivity index (χ3n) is 3.95. The van der Waals surface area contributed by atoms with Gasteiger partial charge in [-0.05, 0) is 48.1 Å². The molecule has 0 aliphatic carbocycles.